The highest BCUT2D eigenvalue weighted by Gasteiger charge is 2.28. The topological polar surface area (TPSA) is 57.9 Å². The van der Waals surface area contributed by atoms with Gasteiger partial charge in [-0.2, -0.15) is 0 Å². The van der Waals surface area contributed by atoms with Crippen LogP contribution in [0.15, 0.2) is 46.9 Å². The number of esters is 1. The van der Waals surface area contributed by atoms with Crippen molar-refractivity contribution in [1.29, 1.82) is 0 Å². The molecule has 0 unspecified atom stereocenters. The Bertz CT molecular complexity index is 926. The van der Waals surface area contributed by atoms with Crippen LogP contribution in [0.2, 0.25) is 0 Å². The molecule has 0 bridgehead atoms. The van der Waals surface area contributed by atoms with E-state index in [2.05, 4.69) is 12.1 Å². The number of carbonyl (C=O) groups is 1. The second-order valence-electron chi connectivity index (χ2n) is 5.96. The molecule has 5 heteroatoms. The van der Waals surface area contributed by atoms with Gasteiger partial charge in [-0.15, -0.1) is 0 Å². The van der Waals surface area contributed by atoms with Crippen molar-refractivity contribution >= 4 is 16.9 Å². The smallest absolute Gasteiger partial charge is 0.373 e. The quantitative estimate of drug-likeness (QED) is 0.667. The maximum Gasteiger partial charge on any atom is 0.373 e. The molecular weight excluding hydrogens is 320 g/mol. The van der Waals surface area contributed by atoms with Gasteiger partial charge in [-0.25, -0.2) is 4.79 Å². The number of hydrogen-bond acceptors (Lipinski definition) is 5. The van der Waals surface area contributed by atoms with Crippen molar-refractivity contribution < 1.29 is 23.4 Å². The van der Waals surface area contributed by atoms with E-state index >= 15 is 0 Å². The van der Waals surface area contributed by atoms with E-state index in [0.29, 0.717) is 17.1 Å². The summed E-state index contributed by atoms with van der Waals surface area (Å²) in [6.07, 6.45) is 1.65. The highest BCUT2D eigenvalue weighted by molar-refractivity contribution is 5.96. The van der Waals surface area contributed by atoms with Gasteiger partial charge in [0.05, 0.1) is 19.6 Å². The van der Waals surface area contributed by atoms with Crippen LogP contribution in [0.1, 0.15) is 34.2 Å². The Morgan fingerprint density at radius 2 is 1.96 bits per heavy atom. The molecule has 4 rings (SSSR count). The molecule has 0 saturated carbocycles. The zero-order chi connectivity index (χ0) is 17.4. The molecule has 0 radical (unpaired) electrons. The number of furan rings is 1. The molecule has 2 aromatic carbocycles. The van der Waals surface area contributed by atoms with Crippen LogP contribution in [0.25, 0.3) is 11.0 Å². The van der Waals surface area contributed by atoms with Gasteiger partial charge in [0.25, 0.3) is 0 Å². The van der Waals surface area contributed by atoms with Gasteiger partial charge in [-0.1, -0.05) is 30.3 Å². The first-order chi connectivity index (χ1) is 12.2. The molecule has 0 N–H and O–H groups in total. The fourth-order valence-corrected chi connectivity index (χ4v) is 3.30. The van der Waals surface area contributed by atoms with Crippen LogP contribution in [-0.4, -0.2) is 20.2 Å². The van der Waals surface area contributed by atoms with E-state index < -0.39 is 5.97 Å². The number of hydrogen-bond donors (Lipinski definition) is 0. The molecule has 0 spiro atoms. The van der Waals surface area contributed by atoms with Gasteiger partial charge in [0.15, 0.2) is 0 Å². The van der Waals surface area contributed by atoms with Crippen molar-refractivity contribution in [1.82, 2.24) is 0 Å². The van der Waals surface area contributed by atoms with Crippen LogP contribution in [0.5, 0.6) is 11.5 Å². The van der Waals surface area contributed by atoms with Gasteiger partial charge in [0.2, 0.25) is 5.76 Å². The molecule has 0 aliphatic carbocycles. The normalized spacial score (nSPS) is 16.2. The number of methoxy groups -OCH3 is 2. The zero-order valence-electron chi connectivity index (χ0n) is 14.1. The van der Waals surface area contributed by atoms with Crippen LogP contribution in [0, 0.1) is 0 Å². The highest BCUT2D eigenvalue weighted by Crippen LogP contribution is 2.45. The third-order valence-electron chi connectivity index (χ3n) is 4.53. The lowest BCUT2D eigenvalue weighted by Crippen LogP contribution is -2.16. The fourth-order valence-electron chi connectivity index (χ4n) is 3.30. The molecule has 25 heavy (non-hydrogen) atoms. The monoisotopic (exact) mass is 338 g/mol. The Hall–Kier alpha value is -2.95. The Morgan fingerprint density at radius 3 is 2.68 bits per heavy atom. The minimum Gasteiger partial charge on any atom is -0.496 e. The Labute approximate surface area is 145 Å². The third-order valence-corrected chi connectivity index (χ3v) is 4.53. The van der Waals surface area contributed by atoms with Crippen molar-refractivity contribution in [2.24, 2.45) is 0 Å². The summed E-state index contributed by atoms with van der Waals surface area (Å²) in [7, 11) is 2.95. The summed E-state index contributed by atoms with van der Waals surface area (Å²) in [5, 5.41) is 0.761. The van der Waals surface area contributed by atoms with Crippen molar-refractivity contribution in [3.05, 3.63) is 59.4 Å². The van der Waals surface area contributed by atoms with E-state index in [4.69, 9.17) is 18.6 Å². The molecule has 5 nitrogen and oxygen atoms in total. The van der Waals surface area contributed by atoms with Crippen molar-refractivity contribution in [3.8, 4) is 11.5 Å². The van der Waals surface area contributed by atoms with Gasteiger partial charge in [0.1, 0.15) is 23.2 Å². The fraction of sp³-hybridized carbons (Fsp3) is 0.250. The van der Waals surface area contributed by atoms with E-state index in [1.165, 1.54) is 7.11 Å². The maximum atomic E-state index is 11.8. The predicted octanol–water partition coefficient (Wildman–Crippen LogP) is 4.29. The predicted molar refractivity (Wildman–Crippen MR) is 92.2 cm³/mol. The van der Waals surface area contributed by atoms with Crippen molar-refractivity contribution in [2.45, 2.75) is 18.9 Å². The van der Waals surface area contributed by atoms with Crippen LogP contribution in [-0.2, 0) is 11.2 Å². The average Bonchev–Trinajstić information content (AvgIpc) is 3.11. The van der Waals surface area contributed by atoms with Crippen LogP contribution in [0.3, 0.4) is 0 Å². The van der Waals surface area contributed by atoms with Gasteiger partial charge in [-0.3, -0.25) is 0 Å². The van der Waals surface area contributed by atoms with E-state index in [1.54, 1.807) is 19.2 Å². The first kappa shape index (κ1) is 15.6. The largest absolute Gasteiger partial charge is 0.496 e. The average molecular weight is 338 g/mol. The number of fused-ring (bicyclic) bond motifs is 3. The lowest BCUT2D eigenvalue weighted by atomic mass is 9.95. The molecule has 3 aromatic rings. The summed E-state index contributed by atoms with van der Waals surface area (Å²) in [6.45, 7) is 0. The molecule has 0 amide bonds. The first-order valence-electron chi connectivity index (χ1n) is 8.14. The van der Waals surface area contributed by atoms with Crippen molar-refractivity contribution in [3.63, 3.8) is 0 Å². The molecule has 1 aliphatic rings. The molecule has 1 aromatic heterocycles. The summed E-state index contributed by atoms with van der Waals surface area (Å²) in [5.74, 6) is 1.06. The number of rotatable bonds is 3. The van der Waals surface area contributed by atoms with Crippen LogP contribution < -0.4 is 9.47 Å². The van der Waals surface area contributed by atoms with E-state index in [0.717, 1.165) is 29.4 Å². The molecule has 2 heterocycles. The maximum absolute atomic E-state index is 11.8. The SMILES string of the molecule is COC(=O)c1cc2c3c(c(OC)cc2o1)CC[C@@H](c1ccccc1)O3. The number of carbonyl (C=O) groups excluding carboxylic acids is 1. The third kappa shape index (κ3) is 2.61. The zero-order valence-corrected chi connectivity index (χ0v) is 14.1. The standard InChI is InChI=1S/C20H18O5/c1-22-16-11-17-14(10-18(24-17)20(21)23-2)19-13(16)8-9-15(25-19)12-6-4-3-5-7-12/h3-7,10-11,15H,8-9H2,1-2H3/t15-/m0/s1. The van der Waals surface area contributed by atoms with Crippen LogP contribution in [0.4, 0.5) is 0 Å². The molecule has 0 fully saturated rings. The number of ether oxygens (including phenoxy) is 3. The summed E-state index contributed by atoms with van der Waals surface area (Å²) in [5.41, 5.74) is 2.67. The summed E-state index contributed by atoms with van der Waals surface area (Å²) >= 11 is 0. The molecule has 1 aliphatic heterocycles. The molecule has 1 atom stereocenters. The lowest BCUT2D eigenvalue weighted by Gasteiger charge is -2.28. The summed E-state index contributed by atoms with van der Waals surface area (Å²) in [6, 6.07) is 13.6. The second-order valence-corrected chi connectivity index (χ2v) is 5.96. The molecule has 128 valence electrons. The van der Waals surface area contributed by atoms with Crippen LogP contribution >= 0.6 is 0 Å². The second kappa shape index (κ2) is 6.16. The van der Waals surface area contributed by atoms with Crippen molar-refractivity contribution in [2.75, 3.05) is 14.2 Å². The van der Waals surface area contributed by atoms with E-state index in [9.17, 15) is 4.79 Å². The summed E-state index contributed by atoms with van der Waals surface area (Å²) in [4.78, 5) is 11.8. The minimum atomic E-state index is -0.515. The Morgan fingerprint density at radius 1 is 1.16 bits per heavy atom. The Balaban J connectivity index is 1.83. The highest BCUT2D eigenvalue weighted by atomic mass is 16.5. The van der Waals surface area contributed by atoms with E-state index in [1.807, 2.05) is 18.2 Å². The Kier molecular flexibility index (Phi) is 3.84. The molecule has 0 saturated heterocycles. The van der Waals surface area contributed by atoms with Gasteiger partial charge in [0, 0.05) is 17.7 Å². The lowest BCUT2D eigenvalue weighted by molar-refractivity contribution is 0.0567. The van der Waals surface area contributed by atoms with Gasteiger partial charge < -0.3 is 18.6 Å². The summed E-state index contributed by atoms with van der Waals surface area (Å²) < 4.78 is 22.2. The minimum absolute atomic E-state index is 0.0412. The molecular formula is C20H18O5. The van der Waals surface area contributed by atoms with Gasteiger partial charge >= 0.3 is 5.97 Å². The van der Waals surface area contributed by atoms with Gasteiger partial charge in [-0.05, 0) is 18.4 Å². The first-order valence-corrected chi connectivity index (χ1v) is 8.14. The van der Waals surface area contributed by atoms with E-state index in [-0.39, 0.29) is 11.9 Å². The number of benzene rings is 2.